The van der Waals surface area contributed by atoms with Crippen LogP contribution >= 0.6 is 0 Å². The van der Waals surface area contributed by atoms with Crippen molar-refractivity contribution in [3.8, 4) is 11.1 Å². The zero-order chi connectivity index (χ0) is 16.7. The quantitative estimate of drug-likeness (QED) is 0.482. The van der Waals surface area contributed by atoms with Crippen LogP contribution in [0, 0.1) is 0 Å². The van der Waals surface area contributed by atoms with Crippen LogP contribution in [-0.2, 0) is 4.79 Å². The Balaban J connectivity index is 2.13. The van der Waals surface area contributed by atoms with Crippen LogP contribution in [0.1, 0.15) is 6.92 Å². The van der Waals surface area contributed by atoms with Gasteiger partial charge < -0.3 is 22.1 Å². The second-order valence-corrected chi connectivity index (χ2v) is 4.99. The van der Waals surface area contributed by atoms with Gasteiger partial charge in [-0.1, -0.05) is 31.2 Å². The maximum atomic E-state index is 11.8. The third kappa shape index (κ3) is 5.12. The highest BCUT2D eigenvalue weighted by Crippen LogP contribution is 2.25. The van der Waals surface area contributed by atoms with Crippen LogP contribution < -0.4 is 22.1 Å². The summed E-state index contributed by atoms with van der Waals surface area (Å²) in [6.07, 6.45) is 0. The van der Waals surface area contributed by atoms with E-state index >= 15 is 0 Å². The summed E-state index contributed by atoms with van der Waals surface area (Å²) in [6.45, 7) is 3.02. The van der Waals surface area contributed by atoms with Crippen molar-refractivity contribution in [2.24, 2.45) is 16.5 Å². The number of benzene rings is 2. The minimum atomic E-state index is -0.0629. The van der Waals surface area contributed by atoms with Gasteiger partial charge in [-0.15, -0.1) is 0 Å². The molecule has 0 saturated heterocycles. The molecule has 0 heterocycles. The van der Waals surface area contributed by atoms with Crippen LogP contribution in [0.4, 0.5) is 11.4 Å². The number of hydrogen-bond acceptors (Lipinski definition) is 3. The molecule has 0 aliphatic carbocycles. The molecule has 120 valence electrons. The lowest BCUT2D eigenvalue weighted by Crippen LogP contribution is -2.27. The minimum absolute atomic E-state index is 0.0307. The average molecular weight is 311 g/mol. The Labute approximate surface area is 135 Å². The number of hydrogen-bond donors (Lipinski definition) is 4. The molecular weight excluding hydrogens is 290 g/mol. The molecule has 2 aromatic rings. The molecule has 0 atom stereocenters. The molecule has 0 bridgehead atoms. The second kappa shape index (κ2) is 7.95. The van der Waals surface area contributed by atoms with Crippen molar-refractivity contribution in [1.29, 1.82) is 0 Å². The van der Waals surface area contributed by atoms with E-state index in [1.807, 2.05) is 55.5 Å². The molecular formula is C17H21N5O. The number of carbonyl (C=O) groups excluding carboxylic acids is 1. The minimum Gasteiger partial charge on any atom is -0.370 e. The topological polar surface area (TPSA) is 106 Å². The van der Waals surface area contributed by atoms with Gasteiger partial charge in [0, 0.05) is 5.69 Å². The van der Waals surface area contributed by atoms with Gasteiger partial charge in [0.2, 0.25) is 5.91 Å². The van der Waals surface area contributed by atoms with Gasteiger partial charge in [-0.3, -0.25) is 4.79 Å². The van der Waals surface area contributed by atoms with Crippen LogP contribution in [0.2, 0.25) is 0 Å². The molecule has 6 N–H and O–H groups in total. The number of nitrogens with zero attached hydrogens (tertiary/aromatic N) is 1. The number of likely N-dealkylation sites (N-methyl/N-ethyl adjacent to an activating group) is 1. The number of guanidine groups is 1. The maximum Gasteiger partial charge on any atom is 0.238 e. The number of nitrogens with one attached hydrogen (secondary N) is 2. The van der Waals surface area contributed by atoms with E-state index in [2.05, 4.69) is 15.6 Å². The lowest BCUT2D eigenvalue weighted by Gasteiger charge is -2.08. The molecule has 0 unspecified atom stereocenters. The molecule has 0 radical (unpaired) electrons. The fourth-order valence-electron chi connectivity index (χ4n) is 2.10. The number of amides is 1. The van der Waals surface area contributed by atoms with Crippen molar-refractivity contribution in [1.82, 2.24) is 5.32 Å². The summed E-state index contributed by atoms with van der Waals surface area (Å²) >= 11 is 0. The number of aliphatic imine (C=N–C) groups is 1. The molecule has 0 fully saturated rings. The van der Waals surface area contributed by atoms with Crippen LogP contribution in [0.3, 0.4) is 0 Å². The first-order valence-corrected chi connectivity index (χ1v) is 7.39. The Morgan fingerprint density at radius 2 is 1.83 bits per heavy atom. The first kappa shape index (κ1) is 16.5. The highest BCUT2D eigenvalue weighted by Gasteiger charge is 2.03. The van der Waals surface area contributed by atoms with Crippen molar-refractivity contribution in [2.75, 3.05) is 18.4 Å². The van der Waals surface area contributed by atoms with Gasteiger partial charge in [0.15, 0.2) is 5.96 Å². The molecule has 6 nitrogen and oxygen atoms in total. The van der Waals surface area contributed by atoms with Gasteiger partial charge in [-0.05, 0) is 41.9 Å². The predicted octanol–water partition coefficient (Wildman–Crippen LogP) is 1.81. The van der Waals surface area contributed by atoms with Gasteiger partial charge in [0.05, 0.1) is 12.2 Å². The average Bonchev–Trinajstić information content (AvgIpc) is 2.53. The van der Waals surface area contributed by atoms with E-state index in [4.69, 9.17) is 11.5 Å². The van der Waals surface area contributed by atoms with Crippen LogP contribution in [0.5, 0.6) is 0 Å². The lowest BCUT2D eigenvalue weighted by atomic mass is 10.0. The zero-order valence-electron chi connectivity index (χ0n) is 13.0. The highest BCUT2D eigenvalue weighted by atomic mass is 16.1. The molecule has 2 aromatic carbocycles. The van der Waals surface area contributed by atoms with Crippen molar-refractivity contribution in [3.63, 3.8) is 0 Å². The fourth-order valence-corrected chi connectivity index (χ4v) is 2.10. The molecule has 0 saturated carbocycles. The molecule has 2 rings (SSSR count). The van der Waals surface area contributed by atoms with Crippen LogP contribution in [0.15, 0.2) is 53.5 Å². The number of anilines is 1. The number of rotatable bonds is 6. The second-order valence-electron chi connectivity index (χ2n) is 4.99. The summed E-state index contributed by atoms with van der Waals surface area (Å²) in [5.41, 5.74) is 14.2. The summed E-state index contributed by atoms with van der Waals surface area (Å²) in [6, 6.07) is 15.2. The smallest absolute Gasteiger partial charge is 0.238 e. The number of nitrogens with two attached hydrogens (primary N) is 2. The standard InChI is InChI=1S/C17H21N5O/c1-2-20-11-16(23)21-15-5-3-4-13(10-15)12-6-8-14(9-7-12)22-17(18)19/h3-10,20H,2,11H2,1H3,(H,21,23)(H4,18,19,22). The zero-order valence-corrected chi connectivity index (χ0v) is 13.0. The first-order valence-electron chi connectivity index (χ1n) is 7.39. The normalized spacial score (nSPS) is 10.1. The Kier molecular flexibility index (Phi) is 5.71. The van der Waals surface area contributed by atoms with E-state index in [0.29, 0.717) is 12.2 Å². The number of carbonyl (C=O) groups is 1. The molecule has 1 amide bonds. The van der Waals surface area contributed by atoms with Gasteiger partial charge in [0.25, 0.3) is 0 Å². The van der Waals surface area contributed by atoms with Crippen molar-refractivity contribution in [3.05, 3.63) is 48.5 Å². The largest absolute Gasteiger partial charge is 0.370 e. The predicted molar refractivity (Wildman–Crippen MR) is 94.5 cm³/mol. The molecule has 6 heteroatoms. The molecule has 0 aromatic heterocycles. The Hall–Kier alpha value is -2.86. The lowest BCUT2D eigenvalue weighted by molar-refractivity contribution is -0.115. The van der Waals surface area contributed by atoms with Gasteiger partial charge in [-0.25, -0.2) is 4.99 Å². The first-order chi connectivity index (χ1) is 11.1. The molecule has 0 aliphatic rings. The third-order valence-electron chi connectivity index (χ3n) is 3.14. The SMILES string of the molecule is CCNCC(=O)Nc1cccc(-c2ccc(N=C(N)N)cc2)c1. The van der Waals surface area contributed by atoms with Gasteiger partial charge >= 0.3 is 0 Å². The van der Waals surface area contributed by atoms with E-state index in [-0.39, 0.29) is 11.9 Å². The maximum absolute atomic E-state index is 11.8. The van der Waals surface area contributed by atoms with Crippen molar-refractivity contribution >= 4 is 23.2 Å². The monoisotopic (exact) mass is 311 g/mol. The Morgan fingerprint density at radius 1 is 1.09 bits per heavy atom. The third-order valence-corrected chi connectivity index (χ3v) is 3.14. The van der Waals surface area contributed by atoms with E-state index < -0.39 is 0 Å². The van der Waals surface area contributed by atoms with E-state index in [1.165, 1.54) is 0 Å². The van der Waals surface area contributed by atoms with Gasteiger partial charge in [0.1, 0.15) is 0 Å². The molecule has 0 spiro atoms. The summed E-state index contributed by atoms with van der Waals surface area (Å²) in [5.74, 6) is -0.0322. The van der Waals surface area contributed by atoms with E-state index in [9.17, 15) is 4.79 Å². The fraction of sp³-hybridized carbons (Fsp3) is 0.176. The summed E-state index contributed by atoms with van der Waals surface area (Å²) in [7, 11) is 0. The molecule has 0 aliphatic heterocycles. The van der Waals surface area contributed by atoms with Crippen LogP contribution in [0.25, 0.3) is 11.1 Å². The summed E-state index contributed by atoms with van der Waals surface area (Å²) < 4.78 is 0. The molecule has 23 heavy (non-hydrogen) atoms. The van der Waals surface area contributed by atoms with Crippen molar-refractivity contribution < 1.29 is 4.79 Å². The van der Waals surface area contributed by atoms with E-state index in [1.54, 1.807) is 0 Å². The highest BCUT2D eigenvalue weighted by molar-refractivity contribution is 5.93. The summed E-state index contributed by atoms with van der Waals surface area (Å²) in [5, 5.41) is 5.86. The van der Waals surface area contributed by atoms with Crippen LogP contribution in [-0.4, -0.2) is 25.0 Å². The Morgan fingerprint density at radius 3 is 2.48 bits per heavy atom. The van der Waals surface area contributed by atoms with Crippen molar-refractivity contribution in [2.45, 2.75) is 6.92 Å². The van der Waals surface area contributed by atoms with Gasteiger partial charge in [-0.2, -0.15) is 0 Å². The summed E-state index contributed by atoms with van der Waals surface area (Å²) in [4.78, 5) is 15.7. The Bertz CT molecular complexity index is 690. The van der Waals surface area contributed by atoms with E-state index in [0.717, 1.165) is 23.4 Å².